The first-order valence-electron chi connectivity index (χ1n) is 34.6. The molecule has 2 aromatic heterocycles. The van der Waals surface area contributed by atoms with E-state index in [4.69, 9.17) is 28.3 Å². The number of guanidine groups is 1. The maximum absolute atomic E-state index is 15.1. The zero-order valence-electron chi connectivity index (χ0n) is 59.1. The van der Waals surface area contributed by atoms with Crippen LogP contribution < -0.4 is 81.4 Å². The van der Waals surface area contributed by atoms with Crippen LogP contribution in [-0.2, 0) is 88.1 Å². The number of aromatic hydroxyl groups is 2. The fourth-order valence-electron chi connectivity index (χ4n) is 11.6. The number of para-hydroxylation sites is 1. The standard InChI is InChI=1S/C68H91N21O17S2/c1-34(2)55-66(105)82-46(28-36-13-17-39(91)18-14-36)61(100)78-42(9-5-24-75-68(72)73)58(97)74-25-23-53(93)77-43(19-21-51(70)92)59(98)80-47(29-37-31-76-41-8-4-3-7-40(37)41)63(102)79-44(20-22-54(94)95)60(99)83-48(56(71)96)32-107-108-33-49(64(103)86-55)84-62(101)45(27-35-11-15-38(90)16-12-35)81-65(104)50-10-6-26-89(50)67(106)57-85-52(30-69)87-88-57/h3-4,7-8,11-18,31,34,42-50,55,76,90-91H,5-6,9-10,19-30,32-33,69H2,1-2H3,(H2,70,92)(H2,71,96)(H,74,97)(H,77,93)(H,78,100)(H,79,102)(H,80,98)(H,81,104)(H,82,105)(H,83,99)(H,84,101)(H,86,103)(H,94,95)(H4,72,73,75)(H,85,87,88)/t42-,43-,44-,45-,46-,47-,48+,49-,50-,55-/m0/s1. The van der Waals surface area contributed by atoms with E-state index in [1.54, 1.807) is 44.3 Å². The molecule has 2 fully saturated rings. The summed E-state index contributed by atoms with van der Waals surface area (Å²) >= 11 is 0. The molecular formula is C68H91N21O17S2. The third-order valence-electron chi connectivity index (χ3n) is 17.5. The van der Waals surface area contributed by atoms with Crippen molar-refractivity contribution in [3.63, 3.8) is 0 Å². The molecule has 0 spiro atoms. The Labute approximate surface area is 626 Å². The summed E-state index contributed by atoms with van der Waals surface area (Å²) in [5.41, 5.74) is 24.4. The van der Waals surface area contributed by atoms with E-state index in [1.165, 1.54) is 53.4 Å². The van der Waals surface area contributed by atoms with Gasteiger partial charge in [-0.3, -0.25) is 77.6 Å². The molecule has 38 nitrogen and oxygen atoms in total. The highest BCUT2D eigenvalue weighted by Crippen LogP contribution is 2.26. The number of carbonyl (C=O) groups excluding carboxylic acids is 13. The quantitative estimate of drug-likeness (QED) is 0.0122. The van der Waals surface area contributed by atoms with Crippen molar-refractivity contribution in [2.45, 2.75) is 158 Å². The first kappa shape index (κ1) is 83.7. The lowest BCUT2D eigenvalue weighted by Crippen LogP contribution is -2.61. The van der Waals surface area contributed by atoms with Crippen LogP contribution in [0.2, 0.25) is 0 Å². The summed E-state index contributed by atoms with van der Waals surface area (Å²) in [7, 11) is 1.66. The minimum atomic E-state index is -1.76. The molecule has 0 radical (unpaired) electrons. The molecule has 0 saturated carbocycles. The molecule has 5 aromatic rings. The predicted molar refractivity (Wildman–Crippen MR) is 392 cm³/mol. The molecule has 4 heterocycles. The molecule has 40 heteroatoms. The van der Waals surface area contributed by atoms with Gasteiger partial charge in [0.2, 0.25) is 76.7 Å². The molecule has 25 N–H and O–H groups in total. The summed E-state index contributed by atoms with van der Waals surface area (Å²) in [6.07, 6.45) is -1.65. The lowest BCUT2D eigenvalue weighted by molar-refractivity contribution is -0.138. The summed E-state index contributed by atoms with van der Waals surface area (Å²) in [5.74, 6) is -16.2. The SMILES string of the molecule is CC(C)[C@@H]1NC(=O)[C@@H](NC(=O)[C@H](Cc2ccc(O)cc2)NC(=O)[C@@H]2CCCN2C(=O)c2n[nH]c(CN)n2)CSSC[C@H](C(N)=O)NC(=O)[C@H](CCC(=O)O)NC(=O)[C@H](Cc2c[nH]c3ccccc23)NC(=O)[C@H](CCC(N)=O)NC(=O)CCNC(=O)[C@H](CCCNC(=N)N)NC(=O)[C@H](Cc2ccc(O)cc2)NC1=O. The van der Waals surface area contributed by atoms with Crippen LogP contribution in [0.25, 0.3) is 10.9 Å². The molecule has 0 unspecified atom stereocenters. The molecule has 2 aliphatic heterocycles. The lowest BCUT2D eigenvalue weighted by atomic mass is 10.00. The van der Waals surface area contributed by atoms with E-state index in [0.717, 1.165) is 21.6 Å². The van der Waals surface area contributed by atoms with Gasteiger partial charge in [0.1, 0.15) is 77.7 Å². The number of H-pyrrole nitrogens is 2. The van der Waals surface area contributed by atoms with Gasteiger partial charge >= 0.3 is 5.97 Å². The Morgan fingerprint density at radius 2 is 1.30 bits per heavy atom. The number of aromatic nitrogens is 4. The number of carboxylic acids is 1. The number of nitrogens with two attached hydrogens (primary N) is 4. The number of aromatic amines is 2. The van der Waals surface area contributed by atoms with Gasteiger partial charge in [0.15, 0.2) is 5.96 Å². The topological polar surface area (TPSA) is 621 Å². The number of phenols is 2. The number of hydrogen-bond acceptors (Lipinski definition) is 22. The molecule has 108 heavy (non-hydrogen) atoms. The minimum Gasteiger partial charge on any atom is -0.508 e. The van der Waals surface area contributed by atoms with Crippen molar-refractivity contribution in [1.82, 2.24) is 83.5 Å². The number of nitrogens with zero attached hydrogens (tertiary/aromatic N) is 3. The zero-order valence-corrected chi connectivity index (χ0v) is 60.7. The maximum atomic E-state index is 15.1. The van der Waals surface area contributed by atoms with Crippen LogP contribution in [0.3, 0.4) is 0 Å². The van der Waals surface area contributed by atoms with Crippen LogP contribution in [0.5, 0.6) is 11.5 Å². The van der Waals surface area contributed by atoms with Gasteiger partial charge in [-0.05, 0) is 91.5 Å². The van der Waals surface area contributed by atoms with Crippen LogP contribution in [0.15, 0.2) is 79.0 Å². The van der Waals surface area contributed by atoms with Gasteiger partial charge in [0, 0.05) is 86.8 Å². The summed E-state index contributed by atoms with van der Waals surface area (Å²) in [6, 6.07) is 2.49. The van der Waals surface area contributed by atoms with E-state index >= 15 is 9.59 Å². The summed E-state index contributed by atoms with van der Waals surface area (Å²) in [6.45, 7) is 2.71. The second-order valence-electron chi connectivity index (χ2n) is 26.0. The van der Waals surface area contributed by atoms with E-state index < -0.39 is 205 Å². The second kappa shape index (κ2) is 40.8. The first-order chi connectivity index (χ1) is 51.5. The van der Waals surface area contributed by atoms with Crippen LogP contribution in [0.4, 0.5) is 0 Å². The highest BCUT2D eigenvalue weighted by atomic mass is 33.1. The molecule has 3 aromatic carbocycles. The van der Waals surface area contributed by atoms with E-state index in [1.807, 2.05) is 0 Å². The van der Waals surface area contributed by atoms with Crippen LogP contribution in [0.1, 0.15) is 105 Å². The number of primary amides is 2. The third kappa shape index (κ3) is 25.6. The van der Waals surface area contributed by atoms with E-state index in [0.29, 0.717) is 34.0 Å². The predicted octanol–water partition coefficient (Wildman–Crippen LogP) is -3.71. The number of amides is 13. The number of phenolic OH excluding ortho intramolecular Hbond substituents is 2. The number of fused-ring (bicyclic) bond motifs is 1. The Balaban J connectivity index is 1.26. The number of likely N-dealkylation sites (tertiary alicyclic amines) is 1. The van der Waals surface area contributed by atoms with Crippen molar-refractivity contribution in [1.29, 1.82) is 5.41 Å². The van der Waals surface area contributed by atoms with Crippen molar-refractivity contribution < 1.29 is 82.4 Å². The molecule has 10 atom stereocenters. The molecular weight excluding hydrogens is 1450 g/mol. The Bertz CT molecular complexity index is 4070. The molecule has 0 aliphatic carbocycles. The number of hydrogen-bond donors (Lipinski definition) is 21. The van der Waals surface area contributed by atoms with Crippen LogP contribution in [0, 0.1) is 11.3 Å². The Morgan fingerprint density at radius 1 is 0.694 bits per heavy atom. The summed E-state index contributed by atoms with van der Waals surface area (Å²) in [4.78, 5) is 206. The third-order valence-corrected chi connectivity index (χ3v) is 19.9. The molecule has 2 aliphatic rings. The van der Waals surface area contributed by atoms with Crippen molar-refractivity contribution in [2.75, 3.05) is 31.1 Å². The zero-order chi connectivity index (χ0) is 78.7. The Kier molecular flexibility index (Phi) is 31.6. The highest BCUT2D eigenvalue weighted by Gasteiger charge is 2.40. The van der Waals surface area contributed by atoms with Gasteiger partial charge in [-0.25, -0.2) is 4.98 Å². The summed E-state index contributed by atoms with van der Waals surface area (Å²) < 4.78 is 0. The number of carboxylic acid groups (broad SMARTS) is 1. The maximum Gasteiger partial charge on any atom is 0.303 e. The average Bonchev–Trinajstić information content (AvgIpc) is 1.64. The van der Waals surface area contributed by atoms with E-state index in [-0.39, 0.29) is 81.3 Å². The smallest absolute Gasteiger partial charge is 0.303 e. The lowest BCUT2D eigenvalue weighted by Gasteiger charge is -2.29. The van der Waals surface area contributed by atoms with Crippen molar-refractivity contribution in [3.8, 4) is 11.5 Å². The number of aliphatic carboxylic acids is 1. The molecule has 7 rings (SSSR count). The van der Waals surface area contributed by atoms with Gasteiger partial charge in [0.25, 0.3) is 5.91 Å². The monoisotopic (exact) mass is 1540 g/mol. The largest absolute Gasteiger partial charge is 0.508 e. The van der Waals surface area contributed by atoms with Crippen molar-refractivity contribution in [2.24, 2.45) is 28.9 Å². The van der Waals surface area contributed by atoms with Gasteiger partial charge < -0.3 is 107 Å². The first-order valence-corrected chi connectivity index (χ1v) is 37.1. The van der Waals surface area contributed by atoms with Gasteiger partial charge in [-0.15, -0.1) is 5.10 Å². The fraction of sp³-hybridized carbons (Fsp3) is 0.456. The number of nitrogens with one attached hydrogen (secondary N) is 14. The number of benzene rings is 3. The van der Waals surface area contributed by atoms with E-state index in [9.17, 15) is 72.9 Å². The highest BCUT2D eigenvalue weighted by molar-refractivity contribution is 8.76. The Morgan fingerprint density at radius 3 is 1.94 bits per heavy atom. The molecule has 0 bridgehead atoms. The van der Waals surface area contributed by atoms with Crippen molar-refractivity contribution >= 4 is 121 Å². The van der Waals surface area contributed by atoms with Gasteiger partial charge in [0.05, 0.1) is 6.54 Å². The van der Waals surface area contributed by atoms with Gasteiger partial charge in [-0.2, -0.15) is 0 Å². The van der Waals surface area contributed by atoms with Gasteiger partial charge in [-0.1, -0.05) is 77.9 Å². The van der Waals surface area contributed by atoms with Crippen LogP contribution in [-0.4, -0.2) is 221 Å². The number of carbonyl (C=O) groups is 14. The fourth-order valence-corrected chi connectivity index (χ4v) is 14.0. The molecule has 582 valence electrons. The minimum absolute atomic E-state index is 0.0320. The molecule has 13 amide bonds. The summed E-state index contributed by atoms with van der Waals surface area (Å²) in [5, 5.41) is 73.6. The Hall–Kier alpha value is -11.6. The van der Waals surface area contributed by atoms with E-state index in [2.05, 4.69) is 78.6 Å². The second-order valence-corrected chi connectivity index (χ2v) is 28.5. The van der Waals surface area contributed by atoms with Crippen molar-refractivity contribution in [3.05, 3.63) is 107 Å². The normalized spacial score (nSPS) is 21.8. The number of rotatable bonds is 24. The molecule has 2 saturated heterocycles. The average molecular weight is 1540 g/mol. The van der Waals surface area contributed by atoms with Crippen LogP contribution >= 0.6 is 21.6 Å².